The summed E-state index contributed by atoms with van der Waals surface area (Å²) in [6.45, 7) is 0. The summed E-state index contributed by atoms with van der Waals surface area (Å²) in [6.07, 6.45) is 1.57. The monoisotopic (exact) mass is 263 g/mol. The lowest BCUT2D eigenvalue weighted by Crippen LogP contribution is -2.22. The SMILES string of the molecule is CN1C(=O)S/C(=C\c2ccc(C(=O)O)cc2)C1=O. The highest BCUT2D eigenvalue weighted by Gasteiger charge is 2.31. The highest BCUT2D eigenvalue weighted by Crippen LogP contribution is 2.30. The zero-order valence-electron chi connectivity index (χ0n) is 9.41. The Hall–Kier alpha value is -2.08. The topological polar surface area (TPSA) is 74.7 Å². The average molecular weight is 263 g/mol. The van der Waals surface area contributed by atoms with E-state index in [2.05, 4.69) is 0 Å². The van der Waals surface area contributed by atoms with Crippen molar-refractivity contribution in [3.63, 3.8) is 0 Å². The molecule has 2 rings (SSSR count). The van der Waals surface area contributed by atoms with Gasteiger partial charge >= 0.3 is 5.97 Å². The number of carbonyl (C=O) groups is 3. The van der Waals surface area contributed by atoms with E-state index in [0.29, 0.717) is 10.5 Å². The second kappa shape index (κ2) is 4.66. The van der Waals surface area contributed by atoms with Gasteiger partial charge in [-0.25, -0.2) is 4.79 Å². The number of imide groups is 1. The summed E-state index contributed by atoms with van der Waals surface area (Å²) >= 11 is 0.869. The van der Waals surface area contributed by atoms with Crippen molar-refractivity contribution in [2.24, 2.45) is 0 Å². The van der Waals surface area contributed by atoms with E-state index in [1.165, 1.54) is 19.2 Å². The van der Waals surface area contributed by atoms with E-state index in [4.69, 9.17) is 5.11 Å². The number of hydrogen-bond acceptors (Lipinski definition) is 4. The summed E-state index contributed by atoms with van der Waals surface area (Å²) in [6, 6.07) is 6.08. The van der Waals surface area contributed by atoms with E-state index < -0.39 is 5.97 Å². The highest BCUT2D eigenvalue weighted by molar-refractivity contribution is 8.18. The van der Waals surface area contributed by atoms with Crippen LogP contribution in [0.2, 0.25) is 0 Å². The van der Waals surface area contributed by atoms with Gasteiger partial charge in [0.2, 0.25) is 0 Å². The molecule has 0 atom stereocenters. The molecule has 0 saturated carbocycles. The molecule has 6 heteroatoms. The first kappa shape index (κ1) is 12.4. The lowest BCUT2D eigenvalue weighted by atomic mass is 10.1. The van der Waals surface area contributed by atoms with E-state index >= 15 is 0 Å². The van der Waals surface area contributed by atoms with Crippen molar-refractivity contribution in [3.05, 3.63) is 40.3 Å². The molecule has 1 aromatic carbocycles. The maximum atomic E-state index is 11.6. The van der Waals surface area contributed by atoms with Gasteiger partial charge in [0.1, 0.15) is 0 Å². The molecule has 1 fully saturated rings. The number of nitrogens with zero attached hydrogens (tertiary/aromatic N) is 1. The minimum absolute atomic E-state index is 0.177. The fourth-order valence-electron chi connectivity index (χ4n) is 1.42. The van der Waals surface area contributed by atoms with Gasteiger partial charge in [0.15, 0.2) is 0 Å². The van der Waals surface area contributed by atoms with Gasteiger partial charge in [0.05, 0.1) is 10.5 Å². The zero-order valence-corrected chi connectivity index (χ0v) is 10.2. The van der Waals surface area contributed by atoms with Crippen molar-refractivity contribution in [1.82, 2.24) is 4.90 Å². The maximum absolute atomic E-state index is 11.6. The number of carbonyl (C=O) groups excluding carboxylic acids is 2. The Morgan fingerprint density at radius 2 is 1.89 bits per heavy atom. The summed E-state index contributed by atoms with van der Waals surface area (Å²) in [7, 11) is 1.42. The molecule has 0 bridgehead atoms. The van der Waals surface area contributed by atoms with Gasteiger partial charge in [-0.1, -0.05) is 12.1 Å². The summed E-state index contributed by atoms with van der Waals surface area (Å²) in [5.41, 5.74) is 0.856. The van der Waals surface area contributed by atoms with Crippen LogP contribution in [0.1, 0.15) is 15.9 Å². The van der Waals surface area contributed by atoms with Crippen molar-refractivity contribution < 1.29 is 19.5 Å². The first-order valence-corrected chi connectivity index (χ1v) is 5.85. The normalized spacial score (nSPS) is 17.6. The molecular formula is C12H9NO4S. The molecule has 0 aliphatic carbocycles. The molecule has 92 valence electrons. The van der Waals surface area contributed by atoms with Crippen LogP contribution in [0.3, 0.4) is 0 Å². The number of likely N-dealkylation sites (N-methyl/N-ethyl adjacent to an activating group) is 1. The molecule has 2 amide bonds. The molecule has 1 aromatic rings. The first-order valence-electron chi connectivity index (χ1n) is 5.04. The van der Waals surface area contributed by atoms with Crippen LogP contribution >= 0.6 is 11.8 Å². The predicted octanol–water partition coefficient (Wildman–Crippen LogP) is 2.05. The highest BCUT2D eigenvalue weighted by atomic mass is 32.2. The van der Waals surface area contributed by atoms with Crippen LogP contribution in [-0.4, -0.2) is 34.2 Å². The van der Waals surface area contributed by atoms with Gasteiger partial charge in [-0.3, -0.25) is 14.5 Å². The van der Waals surface area contributed by atoms with E-state index in [0.717, 1.165) is 16.7 Å². The van der Waals surface area contributed by atoms with Gasteiger partial charge in [-0.2, -0.15) is 0 Å². The Morgan fingerprint density at radius 1 is 1.28 bits per heavy atom. The Morgan fingerprint density at radius 3 is 2.33 bits per heavy atom. The molecule has 0 aromatic heterocycles. The number of hydrogen-bond donors (Lipinski definition) is 1. The lowest BCUT2D eigenvalue weighted by Gasteiger charge is -2.01. The van der Waals surface area contributed by atoms with Crippen molar-refractivity contribution in [2.75, 3.05) is 7.05 Å². The zero-order chi connectivity index (χ0) is 13.3. The van der Waals surface area contributed by atoms with E-state index in [1.807, 2.05) is 0 Å². The number of thioether (sulfide) groups is 1. The summed E-state index contributed by atoms with van der Waals surface area (Å²) in [4.78, 5) is 34.9. The fraction of sp³-hybridized carbons (Fsp3) is 0.0833. The number of aromatic carboxylic acids is 1. The van der Waals surface area contributed by atoms with Crippen molar-refractivity contribution in [3.8, 4) is 0 Å². The number of rotatable bonds is 2. The molecular weight excluding hydrogens is 254 g/mol. The van der Waals surface area contributed by atoms with E-state index in [1.54, 1.807) is 18.2 Å². The van der Waals surface area contributed by atoms with Crippen molar-refractivity contribution in [1.29, 1.82) is 0 Å². The smallest absolute Gasteiger partial charge is 0.335 e. The first-order chi connectivity index (χ1) is 8.49. The third-order valence-corrected chi connectivity index (χ3v) is 3.40. The average Bonchev–Trinajstić information content (AvgIpc) is 2.58. The van der Waals surface area contributed by atoms with E-state index in [9.17, 15) is 14.4 Å². The summed E-state index contributed by atoms with van der Waals surface area (Å²) in [5.74, 6) is -1.34. The third-order valence-electron chi connectivity index (χ3n) is 2.44. The van der Waals surface area contributed by atoms with Crippen LogP contribution in [0.15, 0.2) is 29.2 Å². The van der Waals surface area contributed by atoms with Gasteiger partial charge in [-0.15, -0.1) is 0 Å². The van der Waals surface area contributed by atoms with Crippen LogP contribution < -0.4 is 0 Å². The minimum atomic E-state index is -1.00. The molecule has 1 aliphatic heterocycles. The predicted molar refractivity (Wildman–Crippen MR) is 67.1 cm³/mol. The number of carboxylic acids is 1. The largest absolute Gasteiger partial charge is 0.478 e. The molecule has 5 nitrogen and oxygen atoms in total. The molecule has 0 spiro atoms. The van der Waals surface area contributed by atoms with Gasteiger partial charge in [-0.05, 0) is 35.5 Å². The Labute approximate surface area is 107 Å². The Bertz CT molecular complexity index is 562. The number of benzene rings is 1. The van der Waals surface area contributed by atoms with Crippen LogP contribution in [0.5, 0.6) is 0 Å². The van der Waals surface area contributed by atoms with Crippen LogP contribution in [0.4, 0.5) is 4.79 Å². The van der Waals surface area contributed by atoms with Gasteiger partial charge < -0.3 is 5.11 Å². The van der Waals surface area contributed by atoms with E-state index in [-0.39, 0.29) is 16.7 Å². The molecule has 0 unspecified atom stereocenters. The Kier molecular flexibility index (Phi) is 3.20. The minimum Gasteiger partial charge on any atom is -0.478 e. The lowest BCUT2D eigenvalue weighted by molar-refractivity contribution is -0.121. The van der Waals surface area contributed by atoms with Crippen LogP contribution in [-0.2, 0) is 4.79 Å². The van der Waals surface area contributed by atoms with Crippen molar-refractivity contribution in [2.45, 2.75) is 0 Å². The quantitative estimate of drug-likeness (QED) is 0.826. The molecule has 1 N–H and O–H groups in total. The molecule has 1 saturated heterocycles. The molecule has 1 heterocycles. The second-order valence-corrected chi connectivity index (χ2v) is 4.66. The van der Waals surface area contributed by atoms with Gasteiger partial charge in [0.25, 0.3) is 11.1 Å². The molecule has 18 heavy (non-hydrogen) atoms. The number of carboxylic acid groups (broad SMARTS) is 1. The molecule has 1 aliphatic rings. The van der Waals surface area contributed by atoms with Gasteiger partial charge in [0, 0.05) is 7.05 Å². The third kappa shape index (κ3) is 2.28. The van der Waals surface area contributed by atoms with Crippen LogP contribution in [0, 0.1) is 0 Å². The Balaban J connectivity index is 2.26. The van der Waals surface area contributed by atoms with Crippen molar-refractivity contribution >= 4 is 35.0 Å². The molecule has 0 radical (unpaired) electrons. The second-order valence-electron chi connectivity index (χ2n) is 3.67. The fourth-order valence-corrected chi connectivity index (χ4v) is 2.25. The van der Waals surface area contributed by atoms with Crippen LogP contribution in [0.25, 0.3) is 6.08 Å². The maximum Gasteiger partial charge on any atom is 0.335 e. The summed E-state index contributed by atoms with van der Waals surface area (Å²) in [5, 5.41) is 8.43. The standard InChI is InChI=1S/C12H9NO4S/c1-13-10(14)9(18-12(13)17)6-7-2-4-8(5-3-7)11(15)16/h2-6H,1H3,(H,15,16)/b9-6-. The summed E-state index contributed by atoms with van der Waals surface area (Å²) < 4.78 is 0. The number of amides is 2.